The Bertz CT molecular complexity index is 1150. The molecule has 2 aromatic carbocycles. The van der Waals surface area contributed by atoms with Crippen LogP contribution in [-0.2, 0) is 9.59 Å². The van der Waals surface area contributed by atoms with Crippen molar-refractivity contribution >= 4 is 40.4 Å². The smallest absolute Gasteiger partial charge is 0.291 e. The average Bonchev–Trinajstić information content (AvgIpc) is 2.83. The van der Waals surface area contributed by atoms with Crippen molar-refractivity contribution in [2.24, 2.45) is 0 Å². The standard InChI is InChI=1S/C26H29N5O2/c1-31(2)24-21-10-6-7-11-22(21)29-26(30-24)28-20-15-13-19(14-16-20)27-25(33)23(32)17-12-18-8-4-3-5-9-18/h3-12,17,19-20H,13-16H2,1-2H3,(H,27,33)(H,28,29,30). The van der Waals surface area contributed by atoms with E-state index in [-0.39, 0.29) is 12.1 Å². The number of fused-ring (bicyclic) bond motifs is 1. The molecule has 0 atom stereocenters. The van der Waals surface area contributed by atoms with Crippen LogP contribution in [0.1, 0.15) is 31.2 Å². The van der Waals surface area contributed by atoms with Gasteiger partial charge in [-0.1, -0.05) is 48.5 Å². The van der Waals surface area contributed by atoms with E-state index >= 15 is 0 Å². The highest BCUT2D eigenvalue weighted by molar-refractivity contribution is 6.41. The van der Waals surface area contributed by atoms with Gasteiger partial charge in [-0.3, -0.25) is 9.59 Å². The number of amides is 1. The molecule has 0 unspecified atom stereocenters. The van der Waals surface area contributed by atoms with Gasteiger partial charge in [0.25, 0.3) is 5.91 Å². The van der Waals surface area contributed by atoms with Crippen molar-refractivity contribution in [3.05, 3.63) is 66.2 Å². The fraction of sp³-hybridized carbons (Fsp3) is 0.308. The van der Waals surface area contributed by atoms with Crippen molar-refractivity contribution in [3.8, 4) is 0 Å². The quantitative estimate of drug-likeness (QED) is 0.426. The number of rotatable bonds is 7. The molecule has 1 amide bonds. The molecular formula is C26H29N5O2. The highest BCUT2D eigenvalue weighted by Gasteiger charge is 2.24. The van der Waals surface area contributed by atoms with Gasteiger partial charge >= 0.3 is 0 Å². The van der Waals surface area contributed by atoms with E-state index in [0.29, 0.717) is 5.95 Å². The number of nitrogens with one attached hydrogen (secondary N) is 2. The Morgan fingerprint density at radius 2 is 1.58 bits per heavy atom. The van der Waals surface area contributed by atoms with Gasteiger partial charge in [0, 0.05) is 31.6 Å². The highest BCUT2D eigenvalue weighted by atomic mass is 16.2. The van der Waals surface area contributed by atoms with E-state index in [9.17, 15) is 9.59 Å². The van der Waals surface area contributed by atoms with E-state index in [0.717, 1.165) is 48.0 Å². The van der Waals surface area contributed by atoms with E-state index in [1.54, 1.807) is 6.08 Å². The van der Waals surface area contributed by atoms with E-state index in [1.165, 1.54) is 6.08 Å². The van der Waals surface area contributed by atoms with Crippen LogP contribution in [-0.4, -0.2) is 47.8 Å². The molecule has 1 saturated carbocycles. The van der Waals surface area contributed by atoms with Gasteiger partial charge in [0.2, 0.25) is 11.7 Å². The third-order valence-electron chi connectivity index (χ3n) is 5.85. The lowest BCUT2D eigenvalue weighted by molar-refractivity contribution is -0.135. The van der Waals surface area contributed by atoms with Crippen LogP contribution in [0.4, 0.5) is 11.8 Å². The number of benzene rings is 2. The molecule has 0 aliphatic heterocycles. The van der Waals surface area contributed by atoms with Crippen LogP contribution in [0.15, 0.2) is 60.7 Å². The van der Waals surface area contributed by atoms with Gasteiger partial charge < -0.3 is 15.5 Å². The second-order valence-electron chi connectivity index (χ2n) is 8.56. The fourth-order valence-electron chi connectivity index (χ4n) is 4.10. The predicted molar refractivity (Wildman–Crippen MR) is 132 cm³/mol. The summed E-state index contributed by atoms with van der Waals surface area (Å²) in [6, 6.07) is 17.7. The largest absolute Gasteiger partial charge is 0.362 e. The molecular weight excluding hydrogens is 414 g/mol. The summed E-state index contributed by atoms with van der Waals surface area (Å²) in [5, 5.41) is 7.36. The number of hydrogen-bond acceptors (Lipinski definition) is 6. The van der Waals surface area contributed by atoms with Crippen molar-refractivity contribution < 1.29 is 9.59 Å². The Labute approximate surface area is 193 Å². The summed E-state index contributed by atoms with van der Waals surface area (Å²) in [6.45, 7) is 0. The number of anilines is 2. The summed E-state index contributed by atoms with van der Waals surface area (Å²) in [6.07, 6.45) is 6.32. The molecule has 7 heteroatoms. The molecule has 4 rings (SSSR count). The normalized spacial score (nSPS) is 18.2. The minimum atomic E-state index is -0.549. The second kappa shape index (κ2) is 10.3. The van der Waals surface area contributed by atoms with Crippen LogP contribution in [0.3, 0.4) is 0 Å². The van der Waals surface area contributed by atoms with Gasteiger partial charge in [0.15, 0.2) is 0 Å². The molecule has 1 aliphatic carbocycles. The third kappa shape index (κ3) is 5.74. The average molecular weight is 444 g/mol. The first kappa shape index (κ1) is 22.5. The van der Waals surface area contributed by atoms with Crippen LogP contribution in [0.25, 0.3) is 17.0 Å². The first-order valence-electron chi connectivity index (χ1n) is 11.3. The lowest BCUT2D eigenvalue weighted by atomic mass is 9.91. The van der Waals surface area contributed by atoms with Crippen LogP contribution in [0.2, 0.25) is 0 Å². The van der Waals surface area contributed by atoms with E-state index in [1.807, 2.05) is 73.6 Å². The van der Waals surface area contributed by atoms with Gasteiger partial charge in [0.05, 0.1) is 5.52 Å². The fourth-order valence-corrected chi connectivity index (χ4v) is 4.10. The maximum absolute atomic E-state index is 12.3. The number of carbonyl (C=O) groups excluding carboxylic acids is 2. The van der Waals surface area contributed by atoms with Crippen molar-refractivity contribution in [3.63, 3.8) is 0 Å². The number of nitrogens with zero attached hydrogens (tertiary/aromatic N) is 3. The molecule has 0 spiro atoms. The van der Waals surface area contributed by atoms with Crippen LogP contribution >= 0.6 is 0 Å². The van der Waals surface area contributed by atoms with E-state index in [4.69, 9.17) is 4.98 Å². The Balaban J connectivity index is 1.31. The minimum absolute atomic E-state index is 0.000478. The third-order valence-corrected chi connectivity index (χ3v) is 5.85. The molecule has 0 saturated heterocycles. The Kier molecular flexibility index (Phi) is 6.98. The summed E-state index contributed by atoms with van der Waals surface area (Å²) in [4.78, 5) is 35.8. The van der Waals surface area contributed by atoms with Gasteiger partial charge in [-0.05, 0) is 49.5 Å². The molecule has 2 N–H and O–H groups in total. The van der Waals surface area contributed by atoms with E-state index < -0.39 is 11.7 Å². The highest BCUT2D eigenvalue weighted by Crippen LogP contribution is 2.26. The Hall–Kier alpha value is -3.74. The van der Waals surface area contributed by atoms with Crippen molar-refractivity contribution in [1.82, 2.24) is 15.3 Å². The second-order valence-corrected chi connectivity index (χ2v) is 8.56. The first-order valence-corrected chi connectivity index (χ1v) is 11.3. The molecule has 3 aromatic rings. The topological polar surface area (TPSA) is 87.2 Å². The summed E-state index contributed by atoms with van der Waals surface area (Å²) in [5.74, 6) is 0.421. The monoisotopic (exact) mass is 443 g/mol. The Morgan fingerprint density at radius 1 is 0.909 bits per heavy atom. The van der Waals surface area contributed by atoms with Gasteiger partial charge in [0.1, 0.15) is 5.82 Å². The molecule has 0 radical (unpaired) electrons. The Morgan fingerprint density at radius 3 is 2.30 bits per heavy atom. The number of aromatic nitrogens is 2. The predicted octanol–water partition coefficient (Wildman–Crippen LogP) is 3.82. The van der Waals surface area contributed by atoms with Crippen LogP contribution in [0.5, 0.6) is 0 Å². The summed E-state index contributed by atoms with van der Waals surface area (Å²) >= 11 is 0. The SMILES string of the molecule is CN(C)c1nc(NC2CCC(NC(=O)C(=O)C=Cc3ccccc3)CC2)nc2ccccc12. The van der Waals surface area contributed by atoms with Gasteiger partial charge in [-0.25, -0.2) is 4.98 Å². The summed E-state index contributed by atoms with van der Waals surface area (Å²) in [5.41, 5.74) is 1.79. The first-order chi connectivity index (χ1) is 16.0. The zero-order chi connectivity index (χ0) is 23.2. The van der Waals surface area contributed by atoms with Crippen molar-refractivity contribution in [1.29, 1.82) is 0 Å². The molecule has 1 heterocycles. The van der Waals surface area contributed by atoms with Gasteiger partial charge in [-0.2, -0.15) is 4.98 Å². The molecule has 1 aromatic heterocycles. The zero-order valence-electron chi connectivity index (χ0n) is 19.0. The molecule has 1 fully saturated rings. The molecule has 7 nitrogen and oxygen atoms in total. The van der Waals surface area contributed by atoms with Gasteiger partial charge in [-0.15, -0.1) is 0 Å². The molecule has 33 heavy (non-hydrogen) atoms. The molecule has 170 valence electrons. The maximum atomic E-state index is 12.3. The number of carbonyl (C=O) groups is 2. The lowest BCUT2D eigenvalue weighted by Gasteiger charge is -2.29. The van der Waals surface area contributed by atoms with Crippen LogP contribution in [0, 0.1) is 0 Å². The number of para-hydroxylation sites is 1. The maximum Gasteiger partial charge on any atom is 0.291 e. The molecule has 1 aliphatic rings. The van der Waals surface area contributed by atoms with Crippen LogP contribution < -0.4 is 15.5 Å². The zero-order valence-corrected chi connectivity index (χ0v) is 19.0. The van der Waals surface area contributed by atoms with E-state index in [2.05, 4.69) is 15.6 Å². The van der Waals surface area contributed by atoms with Crippen molar-refractivity contribution in [2.45, 2.75) is 37.8 Å². The van der Waals surface area contributed by atoms with Crippen molar-refractivity contribution in [2.75, 3.05) is 24.3 Å². The summed E-state index contributed by atoms with van der Waals surface area (Å²) < 4.78 is 0. The number of hydrogen-bond donors (Lipinski definition) is 2. The lowest BCUT2D eigenvalue weighted by Crippen LogP contribution is -2.42. The summed E-state index contributed by atoms with van der Waals surface area (Å²) in [7, 11) is 3.95. The minimum Gasteiger partial charge on any atom is -0.362 e. The molecule has 0 bridgehead atoms. The number of ketones is 1.